The molecule has 134 valence electrons. The van der Waals surface area contributed by atoms with Gasteiger partial charge in [0.1, 0.15) is 0 Å². The van der Waals surface area contributed by atoms with Crippen LogP contribution in [-0.2, 0) is 4.79 Å². The van der Waals surface area contributed by atoms with Crippen molar-refractivity contribution < 1.29 is 9.59 Å². The summed E-state index contributed by atoms with van der Waals surface area (Å²) < 4.78 is 1.71. The van der Waals surface area contributed by atoms with Crippen molar-refractivity contribution in [3.8, 4) is 5.69 Å². The molecule has 3 aromatic rings. The summed E-state index contributed by atoms with van der Waals surface area (Å²) in [5, 5.41) is 6.43. The standard InChI is InChI=1S/C20H21N3O2S/c1-13-18(15(3)23(21-13)16-9-6-5-7-10-16)19(24)20(25)22(4)14(2)17-11-8-12-26-17/h5-12,14H,1-4H3/t14-/m0/s1. The molecule has 0 fully saturated rings. The number of nitrogens with zero attached hydrogens (tertiary/aromatic N) is 3. The molecular formula is C20H21N3O2S. The van der Waals surface area contributed by atoms with Gasteiger partial charge in [-0.15, -0.1) is 11.3 Å². The molecule has 1 aromatic carbocycles. The van der Waals surface area contributed by atoms with Gasteiger partial charge < -0.3 is 4.90 Å². The fourth-order valence-corrected chi connectivity index (χ4v) is 3.78. The van der Waals surface area contributed by atoms with E-state index in [1.807, 2.05) is 61.7 Å². The second kappa shape index (κ2) is 7.25. The number of Topliss-reactive ketones (excluding diaryl/α,β-unsaturated/α-hetero) is 1. The first-order valence-electron chi connectivity index (χ1n) is 8.38. The van der Waals surface area contributed by atoms with E-state index in [-0.39, 0.29) is 6.04 Å². The number of carbonyl (C=O) groups is 2. The van der Waals surface area contributed by atoms with Gasteiger partial charge in [0.15, 0.2) is 0 Å². The van der Waals surface area contributed by atoms with E-state index >= 15 is 0 Å². The van der Waals surface area contributed by atoms with Crippen molar-refractivity contribution in [2.75, 3.05) is 7.05 Å². The SMILES string of the molecule is Cc1nn(-c2ccccc2)c(C)c1C(=O)C(=O)N(C)[C@@H](C)c1cccs1. The summed E-state index contributed by atoms with van der Waals surface area (Å²) in [5.41, 5.74) is 2.47. The lowest BCUT2D eigenvalue weighted by Crippen LogP contribution is -2.35. The summed E-state index contributed by atoms with van der Waals surface area (Å²) in [7, 11) is 1.66. The van der Waals surface area contributed by atoms with Crippen LogP contribution < -0.4 is 0 Å². The minimum absolute atomic E-state index is 0.156. The van der Waals surface area contributed by atoms with Gasteiger partial charge in [0.2, 0.25) is 0 Å². The van der Waals surface area contributed by atoms with Crippen molar-refractivity contribution in [3.63, 3.8) is 0 Å². The van der Waals surface area contributed by atoms with Gasteiger partial charge in [-0.05, 0) is 44.4 Å². The molecule has 0 radical (unpaired) electrons. The third-order valence-electron chi connectivity index (χ3n) is 4.57. The van der Waals surface area contributed by atoms with Gasteiger partial charge in [-0.1, -0.05) is 24.3 Å². The van der Waals surface area contributed by atoms with Crippen LogP contribution in [0.5, 0.6) is 0 Å². The third kappa shape index (κ3) is 3.20. The monoisotopic (exact) mass is 367 g/mol. The van der Waals surface area contributed by atoms with Gasteiger partial charge in [-0.3, -0.25) is 9.59 Å². The number of hydrogen-bond donors (Lipinski definition) is 0. The Morgan fingerprint density at radius 3 is 2.42 bits per heavy atom. The first-order valence-corrected chi connectivity index (χ1v) is 9.26. The molecule has 1 atom stereocenters. The van der Waals surface area contributed by atoms with Crippen molar-refractivity contribution in [1.29, 1.82) is 0 Å². The van der Waals surface area contributed by atoms with Crippen LogP contribution in [0.1, 0.15) is 39.6 Å². The summed E-state index contributed by atoms with van der Waals surface area (Å²) in [4.78, 5) is 28.2. The average Bonchev–Trinajstić information content (AvgIpc) is 3.28. The lowest BCUT2D eigenvalue weighted by Gasteiger charge is -2.23. The van der Waals surface area contributed by atoms with E-state index in [9.17, 15) is 9.59 Å². The molecule has 3 rings (SSSR count). The number of benzene rings is 1. The molecule has 26 heavy (non-hydrogen) atoms. The van der Waals surface area contributed by atoms with Crippen LogP contribution in [0.3, 0.4) is 0 Å². The Morgan fingerprint density at radius 1 is 1.12 bits per heavy atom. The smallest absolute Gasteiger partial charge is 0.295 e. The molecular weight excluding hydrogens is 346 g/mol. The highest BCUT2D eigenvalue weighted by Crippen LogP contribution is 2.25. The van der Waals surface area contributed by atoms with Crippen LogP contribution in [0.25, 0.3) is 5.69 Å². The maximum atomic E-state index is 12.9. The van der Waals surface area contributed by atoms with Crippen molar-refractivity contribution in [2.24, 2.45) is 0 Å². The topological polar surface area (TPSA) is 55.2 Å². The zero-order valence-electron chi connectivity index (χ0n) is 15.3. The van der Waals surface area contributed by atoms with E-state index < -0.39 is 11.7 Å². The lowest BCUT2D eigenvalue weighted by molar-refractivity contribution is -0.127. The molecule has 2 aromatic heterocycles. The maximum absolute atomic E-state index is 12.9. The Kier molecular flexibility index (Phi) is 5.04. The van der Waals surface area contributed by atoms with Gasteiger partial charge in [-0.25, -0.2) is 4.68 Å². The van der Waals surface area contributed by atoms with E-state index in [0.717, 1.165) is 10.6 Å². The fraction of sp³-hybridized carbons (Fsp3) is 0.250. The van der Waals surface area contributed by atoms with Crippen LogP contribution in [0.2, 0.25) is 0 Å². The molecule has 0 aliphatic carbocycles. The minimum atomic E-state index is -0.523. The molecule has 0 saturated carbocycles. The number of thiophene rings is 1. The number of likely N-dealkylation sites (N-methyl/N-ethyl adjacent to an activating group) is 1. The lowest BCUT2D eigenvalue weighted by atomic mass is 10.1. The number of para-hydroxylation sites is 1. The maximum Gasteiger partial charge on any atom is 0.295 e. The summed E-state index contributed by atoms with van der Waals surface area (Å²) in [5.74, 6) is -1.04. The van der Waals surface area contributed by atoms with E-state index in [0.29, 0.717) is 17.0 Å². The number of carbonyl (C=O) groups excluding carboxylic acids is 2. The average molecular weight is 367 g/mol. The molecule has 1 amide bonds. The van der Waals surface area contributed by atoms with Gasteiger partial charge in [0.05, 0.1) is 28.7 Å². The summed E-state index contributed by atoms with van der Waals surface area (Å²) in [6.45, 7) is 5.50. The highest BCUT2D eigenvalue weighted by molar-refractivity contribution is 7.10. The first kappa shape index (κ1) is 18.1. The number of aryl methyl sites for hydroxylation is 1. The van der Waals surface area contributed by atoms with Crippen molar-refractivity contribution in [1.82, 2.24) is 14.7 Å². The Balaban J connectivity index is 1.90. The van der Waals surface area contributed by atoms with Crippen molar-refractivity contribution in [3.05, 3.63) is 69.7 Å². The quantitative estimate of drug-likeness (QED) is 0.507. The number of ketones is 1. The van der Waals surface area contributed by atoms with Crippen LogP contribution in [0.4, 0.5) is 0 Å². The second-order valence-corrected chi connectivity index (χ2v) is 7.21. The third-order valence-corrected chi connectivity index (χ3v) is 5.61. The van der Waals surface area contributed by atoms with E-state index in [4.69, 9.17) is 0 Å². The second-order valence-electron chi connectivity index (χ2n) is 6.23. The molecule has 0 spiro atoms. The van der Waals surface area contributed by atoms with Gasteiger partial charge in [0.25, 0.3) is 11.7 Å². The first-order chi connectivity index (χ1) is 12.4. The summed E-state index contributed by atoms with van der Waals surface area (Å²) >= 11 is 1.57. The zero-order valence-corrected chi connectivity index (χ0v) is 16.1. The van der Waals surface area contributed by atoms with Crippen LogP contribution in [0, 0.1) is 13.8 Å². The van der Waals surface area contributed by atoms with Gasteiger partial charge in [-0.2, -0.15) is 5.10 Å². The predicted molar refractivity (Wildman–Crippen MR) is 103 cm³/mol. The van der Waals surface area contributed by atoms with Gasteiger partial charge >= 0.3 is 0 Å². The minimum Gasteiger partial charge on any atom is -0.331 e. The summed E-state index contributed by atoms with van der Waals surface area (Å²) in [6.07, 6.45) is 0. The van der Waals surface area contributed by atoms with Crippen molar-refractivity contribution >= 4 is 23.0 Å². The molecule has 0 aliphatic heterocycles. The van der Waals surface area contributed by atoms with E-state index in [1.165, 1.54) is 4.90 Å². The Bertz CT molecular complexity index is 930. The predicted octanol–water partition coefficient (Wildman–Crippen LogP) is 3.95. The van der Waals surface area contributed by atoms with Crippen molar-refractivity contribution in [2.45, 2.75) is 26.8 Å². The highest BCUT2D eigenvalue weighted by atomic mass is 32.1. The molecule has 0 bridgehead atoms. The van der Waals surface area contributed by atoms with E-state index in [1.54, 1.807) is 30.0 Å². The molecule has 2 heterocycles. The number of hydrogen-bond acceptors (Lipinski definition) is 4. The molecule has 0 aliphatic rings. The number of amides is 1. The van der Waals surface area contributed by atoms with Crippen LogP contribution >= 0.6 is 11.3 Å². The molecule has 0 N–H and O–H groups in total. The molecule has 5 nitrogen and oxygen atoms in total. The van der Waals surface area contributed by atoms with E-state index in [2.05, 4.69) is 5.10 Å². The van der Waals surface area contributed by atoms with Gasteiger partial charge in [0, 0.05) is 11.9 Å². The fourth-order valence-electron chi connectivity index (χ4n) is 2.95. The Hall–Kier alpha value is -2.73. The molecule has 0 saturated heterocycles. The Morgan fingerprint density at radius 2 is 1.81 bits per heavy atom. The molecule has 0 unspecified atom stereocenters. The van der Waals surface area contributed by atoms with Crippen LogP contribution in [0.15, 0.2) is 47.8 Å². The Labute approximate surface area is 156 Å². The molecule has 6 heteroatoms. The largest absolute Gasteiger partial charge is 0.331 e. The number of rotatable bonds is 5. The van der Waals surface area contributed by atoms with Crippen LogP contribution in [-0.4, -0.2) is 33.4 Å². The highest BCUT2D eigenvalue weighted by Gasteiger charge is 2.30. The summed E-state index contributed by atoms with van der Waals surface area (Å²) in [6, 6.07) is 13.3. The number of aromatic nitrogens is 2. The zero-order chi connectivity index (χ0) is 18.8. The normalized spacial score (nSPS) is 12.0.